The van der Waals surface area contributed by atoms with E-state index >= 15 is 0 Å². The molecule has 12 heteroatoms. The summed E-state index contributed by atoms with van der Waals surface area (Å²) in [4.78, 5) is 39.6. The number of rotatable bonds is 8. The summed E-state index contributed by atoms with van der Waals surface area (Å²) in [6.07, 6.45) is 0. The Morgan fingerprint density at radius 3 is 2.62 bits per heavy atom. The van der Waals surface area contributed by atoms with Gasteiger partial charge in [0.2, 0.25) is 5.91 Å². The maximum absolute atomic E-state index is 12.7. The number of ether oxygens (including phenoxy) is 1. The van der Waals surface area contributed by atoms with Gasteiger partial charge in [0.1, 0.15) is 0 Å². The SMILES string of the molecule is C[C@@H](NC(=O)c1ccccc1Cl)c1nnc(SCC(=O)Nc2cccc(C(=O)N3CCOCC3)c2)n1C. The summed E-state index contributed by atoms with van der Waals surface area (Å²) in [5, 5.41) is 14.9. The van der Waals surface area contributed by atoms with Crippen LogP contribution in [0, 0.1) is 0 Å². The van der Waals surface area contributed by atoms with Crippen molar-refractivity contribution < 1.29 is 19.1 Å². The maximum Gasteiger partial charge on any atom is 0.254 e. The molecule has 0 radical (unpaired) electrons. The second-order valence-electron chi connectivity index (χ2n) is 8.40. The van der Waals surface area contributed by atoms with Crippen molar-refractivity contribution in [3.05, 3.63) is 70.5 Å². The number of anilines is 1. The Kier molecular flexibility index (Phi) is 8.80. The molecule has 3 aromatic rings. The molecule has 194 valence electrons. The van der Waals surface area contributed by atoms with Gasteiger partial charge in [-0.15, -0.1) is 10.2 Å². The van der Waals surface area contributed by atoms with E-state index in [9.17, 15) is 14.4 Å². The van der Waals surface area contributed by atoms with Crippen LogP contribution in [-0.2, 0) is 16.6 Å². The van der Waals surface area contributed by atoms with Crippen molar-refractivity contribution in [3.63, 3.8) is 0 Å². The van der Waals surface area contributed by atoms with Crippen LogP contribution in [0.4, 0.5) is 5.69 Å². The zero-order chi connectivity index (χ0) is 26.4. The molecule has 2 heterocycles. The normalized spacial score (nSPS) is 14.2. The molecule has 0 saturated carbocycles. The van der Waals surface area contributed by atoms with Crippen LogP contribution in [0.25, 0.3) is 0 Å². The number of carbonyl (C=O) groups is 3. The third-order valence-electron chi connectivity index (χ3n) is 5.75. The number of halogens is 1. The molecular formula is C25H27ClN6O4S. The summed E-state index contributed by atoms with van der Waals surface area (Å²) in [6, 6.07) is 13.2. The number of hydrogen-bond donors (Lipinski definition) is 2. The molecule has 4 rings (SSSR count). The average Bonchev–Trinajstić information content (AvgIpc) is 3.28. The average molecular weight is 543 g/mol. The Morgan fingerprint density at radius 2 is 1.86 bits per heavy atom. The number of hydrogen-bond acceptors (Lipinski definition) is 7. The topological polar surface area (TPSA) is 118 Å². The summed E-state index contributed by atoms with van der Waals surface area (Å²) >= 11 is 7.33. The van der Waals surface area contributed by atoms with Crippen molar-refractivity contribution in [2.75, 3.05) is 37.4 Å². The predicted octanol–water partition coefficient (Wildman–Crippen LogP) is 3.16. The first-order chi connectivity index (χ1) is 17.8. The summed E-state index contributed by atoms with van der Waals surface area (Å²) < 4.78 is 7.03. The highest BCUT2D eigenvalue weighted by Gasteiger charge is 2.21. The summed E-state index contributed by atoms with van der Waals surface area (Å²) in [5.74, 6) is -0.0167. The number of nitrogens with zero attached hydrogens (tertiary/aromatic N) is 4. The molecule has 1 fully saturated rings. The molecule has 1 saturated heterocycles. The van der Waals surface area contributed by atoms with E-state index in [0.717, 1.165) is 0 Å². The van der Waals surface area contributed by atoms with Crippen LogP contribution < -0.4 is 10.6 Å². The van der Waals surface area contributed by atoms with E-state index in [1.54, 1.807) is 72.0 Å². The molecule has 37 heavy (non-hydrogen) atoms. The molecule has 2 N–H and O–H groups in total. The van der Waals surface area contributed by atoms with Gasteiger partial charge in [-0.3, -0.25) is 14.4 Å². The highest BCUT2D eigenvalue weighted by atomic mass is 35.5. The smallest absolute Gasteiger partial charge is 0.254 e. The lowest BCUT2D eigenvalue weighted by molar-refractivity contribution is -0.113. The van der Waals surface area contributed by atoms with Crippen molar-refractivity contribution in [2.24, 2.45) is 7.05 Å². The Labute approximate surface area is 223 Å². The Bertz CT molecular complexity index is 1290. The van der Waals surface area contributed by atoms with Crippen molar-refractivity contribution in [3.8, 4) is 0 Å². The van der Waals surface area contributed by atoms with Crippen LogP contribution in [0.15, 0.2) is 53.7 Å². The van der Waals surface area contributed by atoms with Crippen LogP contribution in [0.1, 0.15) is 39.5 Å². The standard InChI is InChI=1S/C25H27ClN6O4S/c1-16(27-23(34)19-8-3-4-9-20(19)26)22-29-30-25(31(22)2)37-15-21(33)28-18-7-5-6-17(14-18)24(35)32-10-12-36-13-11-32/h3-9,14,16H,10-13,15H2,1-2H3,(H,27,34)(H,28,33)/t16-/m1/s1. The summed E-state index contributed by atoms with van der Waals surface area (Å²) in [7, 11) is 1.77. The molecule has 1 aliphatic rings. The van der Waals surface area contributed by atoms with E-state index in [4.69, 9.17) is 16.3 Å². The first-order valence-corrected chi connectivity index (χ1v) is 13.0. The lowest BCUT2D eigenvalue weighted by atomic mass is 10.1. The highest BCUT2D eigenvalue weighted by Crippen LogP contribution is 2.21. The predicted molar refractivity (Wildman–Crippen MR) is 141 cm³/mol. The summed E-state index contributed by atoms with van der Waals surface area (Å²) in [6.45, 7) is 3.94. The van der Waals surface area contributed by atoms with E-state index in [0.29, 0.717) is 59.1 Å². The molecule has 0 spiro atoms. The number of morpholine rings is 1. The van der Waals surface area contributed by atoms with Gasteiger partial charge >= 0.3 is 0 Å². The zero-order valence-corrected chi connectivity index (χ0v) is 22.0. The quantitative estimate of drug-likeness (QED) is 0.420. The minimum atomic E-state index is -0.434. The number of benzene rings is 2. The molecule has 0 bridgehead atoms. The molecule has 2 aromatic carbocycles. The third-order valence-corrected chi connectivity index (χ3v) is 7.10. The second-order valence-corrected chi connectivity index (χ2v) is 9.75. The van der Waals surface area contributed by atoms with Gasteiger partial charge in [-0.1, -0.05) is 41.6 Å². The van der Waals surface area contributed by atoms with E-state index < -0.39 is 6.04 Å². The van der Waals surface area contributed by atoms with Gasteiger partial charge in [-0.25, -0.2) is 0 Å². The third kappa shape index (κ3) is 6.68. The van der Waals surface area contributed by atoms with Crippen LogP contribution in [-0.4, -0.2) is 69.4 Å². The Hall–Kier alpha value is -3.41. The van der Waals surface area contributed by atoms with Gasteiger partial charge in [0.15, 0.2) is 11.0 Å². The molecule has 10 nitrogen and oxygen atoms in total. The number of thioether (sulfide) groups is 1. The molecule has 1 atom stereocenters. The van der Waals surface area contributed by atoms with Crippen molar-refractivity contribution in [2.45, 2.75) is 18.1 Å². The fraction of sp³-hybridized carbons (Fsp3) is 0.320. The van der Waals surface area contributed by atoms with Gasteiger partial charge in [0, 0.05) is 31.4 Å². The molecular weight excluding hydrogens is 516 g/mol. The van der Waals surface area contributed by atoms with Crippen molar-refractivity contribution >= 4 is 46.8 Å². The minimum Gasteiger partial charge on any atom is -0.378 e. The first-order valence-electron chi connectivity index (χ1n) is 11.7. The largest absolute Gasteiger partial charge is 0.378 e. The monoisotopic (exact) mass is 542 g/mol. The van der Waals surface area contributed by atoms with E-state index in [2.05, 4.69) is 20.8 Å². The lowest BCUT2D eigenvalue weighted by Gasteiger charge is -2.27. The van der Waals surface area contributed by atoms with Crippen LogP contribution >= 0.6 is 23.4 Å². The van der Waals surface area contributed by atoms with Crippen molar-refractivity contribution in [1.29, 1.82) is 0 Å². The van der Waals surface area contributed by atoms with Gasteiger partial charge in [0.05, 0.1) is 35.6 Å². The molecule has 0 unspecified atom stereocenters. The number of carbonyl (C=O) groups excluding carboxylic acids is 3. The molecule has 3 amide bonds. The number of aromatic nitrogens is 3. The van der Waals surface area contributed by atoms with E-state index in [1.165, 1.54) is 11.8 Å². The second kappa shape index (κ2) is 12.2. The van der Waals surface area contributed by atoms with Crippen LogP contribution in [0.5, 0.6) is 0 Å². The maximum atomic E-state index is 12.7. The van der Waals surface area contributed by atoms with Crippen LogP contribution in [0.2, 0.25) is 5.02 Å². The zero-order valence-electron chi connectivity index (χ0n) is 20.4. The number of nitrogens with one attached hydrogen (secondary N) is 2. The fourth-order valence-electron chi connectivity index (χ4n) is 3.82. The first kappa shape index (κ1) is 26.6. The molecule has 1 aliphatic heterocycles. The van der Waals surface area contributed by atoms with Gasteiger partial charge in [-0.05, 0) is 37.3 Å². The fourth-order valence-corrected chi connectivity index (χ4v) is 4.76. The lowest BCUT2D eigenvalue weighted by Crippen LogP contribution is -2.40. The molecule has 1 aromatic heterocycles. The highest BCUT2D eigenvalue weighted by molar-refractivity contribution is 7.99. The van der Waals surface area contributed by atoms with Crippen LogP contribution in [0.3, 0.4) is 0 Å². The molecule has 0 aliphatic carbocycles. The van der Waals surface area contributed by atoms with Gasteiger partial charge < -0.3 is 24.8 Å². The minimum absolute atomic E-state index is 0.0869. The van der Waals surface area contributed by atoms with E-state index in [1.807, 2.05) is 0 Å². The summed E-state index contributed by atoms with van der Waals surface area (Å²) in [5.41, 5.74) is 1.43. The Balaban J connectivity index is 1.32. The Morgan fingerprint density at radius 1 is 1.11 bits per heavy atom. The van der Waals surface area contributed by atoms with E-state index in [-0.39, 0.29) is 23.5 Å². The van der Waals surface area contributed by atoms with Gasteiger partial charge in [-0.2, -0.15) is 0 Å². The van der Waals surface area contributed by atoms with Gasteiger partial charge in [0.25, 0.3) is 11.8 Å². The van der Waals surface area contributed by atoms with Crippen molar-refractivity contribution in [1.82, 2.24) is 25.0 Å². The number of amides is 3.